The maximum Gasteiger partial charge on any atom is 0.261 e. The molecule has 0 saturated carbocycles. The minimum atomic E-state index is -0.911. The number of thiophene rings is 1. The second-order valence-electron chi connectivity index (χ2n) is 7.03. The summed E-state index contributed by atoms with van der Waals surface area (Å²) in [5.74, 6) is 0.810. The molecule has 1 aliphatic carbocycles. The van der Waals surface area contributed by atoms with E-state index in [-0.39, 0.29) is 12.5 Å². The zero-order chi connectivity index (χ0) is 17.3. The largest absolute Gasteiger partial charge is 0.386 e. The Hall–Kier alpha value is -1.92. The van der Waals surface area contributed by atoms with Gasteiger partial charge in [-0.25, -0.2) is 4.98 Å². The quantitative estimate of drug-likeness (QED) is 0.882. The third-order valence-corrected chi connectivity index (χ3v) is 6.31. The summed E-state index contributed by atoms with van der Waals surface area (Å²) in [6, 6.07) is 7.82. The number of aliphatic hydroxyl groups is 1. The molecule has 2 aromatic rings. The number of carbonyl (C=O) groups is 1. The Morgan fingerprint density at radius 3 is 3.08 bits per heavy atom. The highest BCUT2D eigenvalue weighted by atomic mass is 32.1. The summed E-state index contributed by atoms with van der Waals surface area (Å²) in [6.07, 6.45) is 6.72. The monoisotopic (exact) mass is 357 g/mol. The maximum atomic E-state index is 12.4. The third kappa shape index (κ3) is 3.55. The maximum absolute atomic E-state index is 12.4. The Morgan fingerprint density at radius 1 is 1.36 bits per heavy atom. The van der Waals surface area contributed by atoms with Crippen LogP contribution in [0.5, 0.6) is 0 Å². The van der Waals surface area contributed by atoms with E-state index in [9.17, 15) is 9.90 Å². The topological polar surface area (TPSA) is 65.5 Å². The molecule has 0 bridgehead atoms. The molecule has 1 fully saturated rings. The van der Waals surface area contributed by atoms with Crippen LogP contribution < -0.4 is 10.2 Å². The lowest BCUT2D eigenvalue weighted by Gasteiger charge is -2.39. The molecule has 0 aromatic carbocycles. The van der Waals surface area contributed by atoms with E-state index in [1.54, 1.807) is 17.5 Å². The molecule has 2 aliphatic rings. The summed E-state index contributed by atoms with van der Waals surface area (Å²) in [4.78, 5) is 21.0. The molecular weight excluding hydrogens is 334 g/mol. The number of anilines is 1. The van der Waals surface area contributed by atoms with E-state index in [4.69, 9.17) is 0 Å². The highest BCUT2D eigenvalue weighted by molar-refractivity contribution is 7.14. The van der Waals surface area contributed by atoms with Gasteiger partial charge in [0.05, 0.1) is 10.5 Å². The van der Waals surface area contributed by atoms with E-state index in [1.165, 1.54) is 16.9 Å². The Labute approximate surface area is 151 Å². The lowest BCUT2D eigenvalue weighted by molar-refractivity contribution is 0.0255. The summed E-state index contributed by atoms with van der Waals surface area (Å²) in [5, 5.41) is 13.9. The van der Waals surface area contributed by atoms with E-state index in [2.05, 4.69) is 15.2 Å². The lowest BCUT2D eigenvalue weighted by atomic mass is 9.92. The molecule has 25 heavy (non-hydrogen) atoms. The number of hydrogen-bond donors (Lipinski definition) is 2. The number of carbonyl (C=O) groups excluding carboxylic acids is 1. The van der Waals surface area contributed by atoms with Gasteiger partial charge in [0.1, 0.15) is 5.82 Å². The average Bonchev–Trinajstić information content (AvgIpc) is 3.23. The summed E-state index contributed by atoms with van der Waals surface area (Å²) >= 11 is 1.60. The van der Waals surface area contributed by atoms with Gasteiger partial charge < -0.3 is 15.3 Å². The first-order valence-corrected chi connectivity index (χ1v) is 9.73. The van der Waals surface area contributed by atoms with E-state index >= 15 is 0 Å². The number of β-amino-alcohol motifs (C(OH)–C–C–N with tert-alkyl or cyclic N) is 1. The van der Waals surface area contributed by atoms with Crippen LogP contribution in [0.4, 0.5) is 5.82 Å². The normalized spacial score (nSPS) is 22.7. The predicted octanol–water partition coefficient (Wildman–Crippen LogP) is 2.39. The van der Waals surface area contributed by atoms with E-state index in [0.717, 1.165) is 36.5 Å². The fraction of sp³-hybridized carbons (Fsp3) is 0.474. The highest BCUT2D eigenvalue weighted by Gasteiger charge is 2.34. The van der Waals surface area contributed by atoms with Crippen molar-refractivity contribution in [1.29, 1.82) is 0 Å². The molecule has 0 spiro atoms. The predicted molar refractivity (Wildman–Crippen MR) is 99.3 cm³/mol. The summed E-state index contributed by atoms with van der Waals surface area (Å²) < 4.78 is 0. The van der Waals surface area contributed by atoms with Crippen LogP contribution in [0, 0.1) is 0 Å². The van der Waals surface area contributed by atoms with Crippen molar-refractivity contribution in [3.05, 3.63) is 45.8 Å². The van der Waals surface area contributed by atoms with Gasteiger partial charge in [0.15, 0.2) is 0 Å². The van der Waals surface area contributed by atoms with Crippen molar-refractivity contribution in [2.24, 2.45) is 0 Å². The zero-order valence-corrected chi connectivity index (χ0v) is 15.0. The second-order valence-corrected chi connectivity index (χ2v) is 8.17. The molecule has 0 radical (unpaired) electrons. The van der Waals surface area contributed by atoms with Crippen LogP contribution >= 0.6 is 11.3 Å². The van der Waals surface area contributed by atoms with Gasteiger partial charge in [-0.05, 0) is 55.9 Å². The van der Waals surface area contributed by atoms with Gasteiger partial charge in [-0.1, -0.05) is 6.07 Å². The van der Waals surface area contributed by atoms with Crippen LogP contribution in [0.3, 0.4) is 0 Å². The van der Waals surface area contributed by atoms with Gasteiger partial charge in [-0.3, -0.25) is 4.79 Å². The van der Waals surface area contributed by atoms with Crippen LogP contribution in [-0.2, 0) is 12.8 Å². The summed E-state index contributed by atoms with van der Waals surface area (Å²) in [7, 11) is 0. The van der Waals surface area contributed by atoms with Crippen LogP contribution in [-0.4, -0.2) is 41.2 Å². The van der Waals surface area contributed by atoms with Crippen LogP contribution in [0.2, 0.25) is 0 Å². The first kappa shape index (κ1) is 16.5. The van der Waals surface area contributed by atoms with Crippen LogP contribution in [0.15, 0.2) is 30.5 Å². The third-order valence-electron chi connectivity index (χ3n) is 5.08. The smallest absolute Gasteiger partial charge is 0.261 e. The fourth-order valence-corrected chi connectivity index (χ4v) is 4.94. The van der Waals surface area contributed by atoms with Crippen molar-refractivity contribution in [3.8, 4) is 0 Å². The Balaban J connectivity index is 1.38. The van der Waals surface area contributed by atoms with E-state index in [0.29, 0.717) is 13.0 Å². The number of nitrogens with one attached hydrogen (secondary N) is 1. The minimum Gasteiger partial charge on any atom is -0.386 e. The highest BCUT2D eigenvalue weighted by Crippen LogP contribution is 2.30. The van der Waals surface area contributed by atoms with Crippen molar-refractivity contribution in [2.45, 2.75) is 37.7 Å². The van der Waals surface area contributed by atoms with Crippen LogP contribution in [0.25, 0.3) is 0 Å². The van der Waals surface area contributed by atoms with Crippen LogP contribution in [0.1, 0.15) is 39.4 Å². The molecule has 3 heterocycles. The van der Waals surface area contributed by atoms with Crippen molar-refractivity contribution < 1.29 is 9.90 Å². The molecule has 2 aromatic heterocycles. The molecule has 4 rings (SSSR count). The number of piperidine rings is 1. The fourth-order valence-electron chi connectivity index (χ4n) is 3.77. The molecule has 1 amide bonds. The number of aryl methyl sites for hydroxylation is 2. The van der Waals surface area contributed by atoms with E-state index < -0.39 is 5.60 Å². The molecule has 6 heteroatoms. The Morgan fingerprint density at radius 2 is 2.28 bits per heavy atom. The molecular formula is C19H23N3O2S. The second kappa shape index (κ2) is 6.77. The minimum absolute atomic E-state index is 0.0669. The average molecular weight is 357 g/mol. The van der Waals surface area contributed by atoms with Gasteiger partial charge in [0, 0.05) is 30.7 Å². The molecule has 1 aliphatic heterocycles. The standard InChI is InChI=1S/C19H23N3O2S/c23-18(16-11-14-5-3-6-15(14)25-16)21-12-19(24)8-4-10-22(13-19)17-7-1-2-9-20-17/h1-2,7,9,11,24H,3-6,8,10,12-13H2,(H,21,23)/t19-/m1/s1. The number of rotatable bonds is 4. The van der Waals surface area contributed by atoms with Crippen molar-refractivity contribution in [3.63, 3.8) is 0 Å². The number of aromatic nitrogens is 1. The lowest BCUT2D eigenvalue weighted by Crippen LogP contribution is -2.54. The number of amides is 1. The first-order chi connectivity index (χ1) is 12.1. The number of hydrogen-bond acceptors (Lipinski definition) is 5. The summed E-state index contributed by atoms with van der Waals surface area (Å²) in [6.45, 7) is 1.65. The SMILES string of the molecule is O=C(NC[C@]1(O)CCCN(c2ccccn2)C1)c1cc2c(s1)CCC2. The van der Waals surface area contributed by atoms with Crippen molar-refractivity contribution in [2.75, 3.05) is 24.5 Å². The number of fused-ring (bicyclic) bond motifs is 1. The molecule has 5 nitrogen and oxygen atoms in total. The zero-order valence-electron chi connectivity index (χ0n) is 14.2. The van der Waals surface area contributed by atoms with Gasteiger partial charge in [0.25, 0.3) is 5.91 Å². The molecule has 2 N–H and O–H groups in total. The van der Waals surface area contributed by atoms with E-state index in [1.807, 2.05) is 24.3 Å². The molecule has 0 unspecified atom stereocenters. The Kier molecular flexibility index (Phi) is 4.48. The Bertz CT molecular complexity index is 740. The first-order valence-electron chi connectivity index (χ1n) is 8.91. The molecule has 1 atom stereocenters. The number of nitrogens with zero attached hydrogens (tertiary/aromatic N) is 2. The molecule has 1 saturated heterocycles. The van der Waals surface area contributed by atoms with Gasteiger partial charge >= 0.3 is 0 Å². The van der Waals surface area contributed by atoms with Crippen molar-refractivity contribution in [1.82, 2.24) is 10.3 Å². The van der Waals surface area contributed by atoms with Crippen molar-refractivity contribution >= 4 is 23.1 Å². The molecule has 132 valence electrons. The van der Waals surface area contributed by atoms with Gasteiger partial charge in [-0.15, -0.1) is 11.3 Å². The van der Waals surface area contributed by atoms with Gasteiger partial charge in [-0.2, -0.15) is 0 Å². The summed E-state index contributed by atoms with van der Waals surface area (Å²) in [5.41, 5.74) is 0.415. The van der Waals surface area contributed by atoms with Gasteiger partial charge in [0.2, 0.25) is 0 Å². The number of pyridine rings is 1.